The molecular weight excluding hydrogens is 176 g/mol. The van der Waals surface area contributed by atoms with Crippen molar-refractivity contribution in [2.75, 3.05) is 6.61 Å². The maximum atomic E-state index is 9.48. The van der Waals surface area contributed by atoms with Crippen LogP contribution in [0.5, 0.6) is 11.5 Å². The number of benzene rings is 1. The first-order chi connectivity index (χ1) is 6.65. The highest BCUT2D eigenvalue weighted by molar-refractivity contribution is 5.42. The number of ether oxygens (including phenoxy) is 1. The van der Waals surface area contributed by atoms with Gasteiger partial charge in [-0.2, -0.15) is 0 Å². The second-order valence-corrected chi connectivity index (χ2v) is 3.48. The van der Waals surface area contributed by atoms with Crippen LogP contribution in [0.2, 0.25) is 0 Å². The number of phenolic OH excluding ortho intramolecular Hbond substituents is 1. The van der Waals surface area contributed by atoms with Crippen molar-refractivity contribution in [3.05, 3.63) is 36.4 Å². The molecule has 2 nitrogen and oxygen atoms in total. The standard InChI is InChI=1S/C12H16O2/c1-4-7-14-12-8-10(9(2)3)5-6-11(12)13/h4-6,8-9,13H,1,7H2,2-3H3. The Balaban J connectivity index is 2.90. The highest BCUT2D eigenvalue weighted by Crippen LogP contribution is 2.29. The third-order valence-corrected chi connectivity index (χ3v) is 2.01. The molecule has 0 heterocycles. The summed E-state index contributed by atoms with van der Waals surface area (Å²) in [6.45, 7) is 8.17. The van der Waals surface area contributed by atoms with Gasteiger partial charge in [0.15, 0.2) is 11.5 Å². The Hall–Kier alpha value is -1.44. The fraction of sp³-hybridized carbons (Fsp3) is 0.333. The second kappa shape index (κ2) is 4.70. The molecule has 0 bridgehead atoms. The smallest absolute Gasteiger partial charge is 0.161 e. The third-order valence-electron chi connectivity index (χ3n) is 2.01. The molecule has 1 aromatic rings. The molecule has 1 aromatic carbocycles. The number of hydrogen-bond donors (Lipinski definition) is 1. The van der Waals surface area contributed by atoms with Gasteiger partial charge in [-0.15, -0.1) is 0 Å². The van der Waals surface area contributed by atoms with Crippen molar-refractivity contribution in [2.45, 2.75) is 19.8 Å². The Morgan fingerprint density at radius 1 is 1.50 bits per heavy atom. The molecule has 0 aliphatic rings. The summed E-state index contributed by atoms with van der Waals surface area (Å²) in [5.74, 6) is 1.13. The topological polar surface area (TPSA) is 29.5 Å². The summed E-state index contributed by atoms with van der Waals surface area (Å²) in [5, 5.41) is 9.48. The van der Waals surface area contributed by atoms with Crippen LogP contribution in [0.25, 0.3) is 0 Å². The summed E-state index contributed by atoms with van der Waals surface area (Å²) in [5.41, 5.74) is 1.15. The maximum absolute atomic E-state index is 9.48. The van der Waals surface area contributed by atoms with Crippen LogP contribution >= 0.6 is 0 Å². The molecule has 0 amide bonds. The van der Waals surface area contributed by atoms with Gasteiger partial charge in [0.1, 0.15) is 6.61 Å². The van der Waals surface area contributed by atoms with Gasteiger partial charge in [-0.3, -0.25) is 0 Å². The van der Waals surface area contributed by atoms with Gasteiger partial charge >= 0.3 is 0 Å². The Morgan fingerprint density at radius 3 is 2.79 bits per heavy atom. The fourth-order valence-corrected chi connectivity index (χ4v) is 1.15. The predicted octanol–water partition coefficient (Wildman–Crippen LogP) is 3.08. The van der Waals surface area contributed by atoms with Crippen LogP contribution in [0.1, 0.15) is 25.3 Å². The zero-order valence-electron chi connectivity index (χ0n) is 8.66. The summed E-state index contributed by atoms with van der Waals surface area (Å²) in [4.78, 5) is 0. The van der Waals surface area contributed by atoms with E-state index in [2.05, 4.69) is 20.4 Å². The zero-order chi connectivity index (χ0) is 10.6. The number of hydrogen-bond acceptors (Lipinski definition) is 2. The maximum Gasteiger partial charge on any atom is 0.161 e. The molecule has 0 aliphatic carbocycles. The van der Waals surface area contributed by atoms with Crippen molar-refractivity contribution < 1.29 is 9.84 Å². The van der Waals surface area contributed by atoms with Gasteiger partial charge in [0.25, 0.3) is 0 Å². The Labute approximate surface area is 84.8 Å². The van der Waals surface area contributed by atoms with Crippen molar-refractivity contribution in [3.63, 3.8) is 0 Å². The van der Waals surface area contributed by atoms with E-state index in [1.54, 1.807) is 12.1 Å². The lowest BCUT2D eigenvalue weighted by Gasteiger charge is -2.10. The molecule has 0 unspecified atom stereocenters. The van der Waals surface area contributed by atoms with Crippen LogP contribution in [0, 0.1) is 0 Å². The zero-order valence-corrected chi connectivity index (χ0v) is 8.66. The van der Waals surface area contributed by atoms with Gasteiger partial charge in [0.05, 0.1) is 0 Å². The molecule has 0 aromatic heterocycles. The molecule has 2 heteroatoms. The quantitative estimate of drug-likeness (QED) is 0.743. The van der Waals surface area contributed by atoms with E-state index >= 15 is 0 Å². The van der Waals surface area contributed by atoms with E-state index in [9.17, 15) is 5.11 Å². The van der Waals surface area contributed by atoms with E-state index in [0.29, 0.717) is 18.3 Å². The van der Waals surface area contributed by atoms with Crippen molar-refractivity contribution in [3.8, 4) is 11.5 Å². The highest BCUT2D eigenvalue weighted by atomic mass is 16.5. The molecule has 0 atom stereocenters. The Bertz CT molecular complexity index is 316. The SMILES string of the molecule is C=CCOc1cc(C(C)C)ccc1O. The summed E-state index contributed by atoms with van der Waals surface area (Å²) in [7, 11) is 0. The lowest BCUT2D eigenvalue weighted by Crippen LogP contribution is -1.95. The molecule has 76 valence electrons. The van der Waals surface area contributed by atoms with Crippen molar-refractivity contribution in [1.82, 2.24) is 0 Å². The van der Waals surface area contributed by atoms with Crippen LogP contribution in [-0.4, -0.2) is 11.7 Å². The third kappa shape index (κ3) is 2.52. The number of rotatable bonds is 4. The van der Waals surface area contributed by atoms with E-state index in [1.807, 2.05) is 12.1 Å². The minimum absolute atomic E-state index is 0.177. The van der Waals surface area contributed by atoms with Crippen molar-refractivity contribution in [2.24, 2.45) is 0 Å². The van der Waals surface area contributed by atoms with E-state index in [4.69, 9.17) is 4.74 Å². The van der Waals surface area contributed by atoms with Crippen LogP contribution < -0.4 is 4.74 Å². The van der Waals surface area contributed by atoms with Crippen molar-refractivity contribution >= 4 is 0 Å². The van der Waals surface area contributed by atoms with E-state index in [-0.39, 0.29) is 5.75 Å². The van der Waals surface area contributed by atoms with Crippen molar-refractivity contribution in [1.29, 1.82) is 0 Å². The first-order valence-electron chi connectivity index (χ1n) is 4.71. The average Bonchev–Trinajstić information content (AvgIpc) is 2.16. The monoisotopic (exact) mass is 192 g/mol. The first-order valence-corrected chi connectivity index (χ1v) is 4.71. The van der Waals surface area contributed by atoms with E-state index in [0.717, 1.165) is 5.56 Å². The molecule has 1 rings (SSSR count). The Kier molecular flexibility index (Phi) is 3.57. The van der Waals surface area contributed by atoms with Crippen LogP contribution in [0.15, 0.2) is 30.9 Å². The van der Waals surface area contributed by atoms with Crippen LogP contribution in [-0.2, 0) is 0 Å². The predicted molar refractivity (Wildman–Crippen MR) is 57.9 cm³/mol. The molecular formula is C12H16O2. The average molecular weight is 192 g/mol. The summed E-state index contributed by atoms with van der Waals surface area (Å²) >= 11 is 0. The van der Waals surface area contributed by atoms with E-state index < -0.39 is 0 Å². The fourth-order valence-electron chi connectivity index (χ4n) is 1.15. The molecule has 1 N–H and O–H groups in total. The highest BCUT2D eigenvalue weighted by Gasteiger charge is 2.05. The number of phenols is 1. The van der Waals surface area contributed by atoms with Gasteiger partial charge in [-0.05, 0) is 23.6 Å². The summed E-state index contributed by atoms with van der Waals surface area (Å²) < 4.78 is 5.31. The second-order valence-electron chi connectivity index (χ2n) is 3.48. The van der Waals surface area contributed by atoms with E-state index in [1.165, 1.54) is 0 Å². The van der Waals surface area contributed by atoms with Gasteiger partial charge in [0.2, 0.25) is 0 Å². The van der Waals surface area contributed by atoms with Gasteiger partial charge in [-0.1, -0.05) is 32.6 Å². The summed E-state index contributed by atoms with van der Waals surface area (Å²) in [6, 6.07) is 5.43. The van der Waals surface area contributed by atoms with Gasteiger partial charge in [-0.25, -0.2) is 0 Å². The number of aromatic hydroxyl groups is 1. The molecule has 0 saturated heterocycles. The molecule has 0 fully saturated rings. The van der Waals surface area contributed by atoms with Crippen LogP contribution in [0.3, 0.4) is 0 Å². The molecule has 14 heavy (non-hydrogen) atoms. The molecule has 0 spiro atoms. The lowest BCUT2D eigenvalue weighted by molar-refractivity contribution is 0.336. The van der Waals surface area contributed by atoms with Crippen LogP contribution in [0.4, 0.5) is 0 Å². The summed E-state index contributed by atoms with van der Waals surface area (Å²) in [6.07, 6.45) is 1.65. The normalized spacial score (nSPS) is 10.2. The molecule has 0 saturated carbocycles. The lowest BCUT2D eigenvalue weighted by atomic mass is 10.0. The minimum atomic E-state index is 0.177. The first kappa shape index (κ1) is 10.6. The molecule has 0 radical (unpaired) electrons. The molecule has 0 aliphatic heterocycles. The Morgan fingerprint density at radius 2 is 2.21 bits per heavy atom. The minimum Gasteiger partial charge on any atom is -0.504 e. The largest absolute Gasteiger partial charge is 0.504 e. The van der Waals surface area contributed by atoms with Gasteiger partial charge in [0, 0.05) is 0 Å². The van der Waals surface area contributed by atoms with Gasteiger partial charge < -0.3 is 9.84 Å².